The second-order valence-corrected chi connectivity index (χ2v) is 17.2. The molecule has 67 heavy (non-hydrogen) atoms. The molecular weight excluding hydrogens is 851 g/mol. The molecule has 0 spiro atoms. The standard InChI is InChI=1S/C50H51N11O6/c1-6-34-36(18-22-52-46(34)60-26-25-59(50(60)65)33-9-8-21-51-29-33)35-15-13-32(61-48(67-5)55-57(3)49(61)64)28-40(35)37-14-12-31(27-42(37)66-4)30-19-23-58(24-20-30)41-11-7-10-38-44(54-56(2)45(38)41)39-16-17-43(62)53-47(39)63/h7-15,18,21-22,27-30,39H,6,16-17,19-20,23-26H2,1-5H3,(H,53,62,63). The van der Waals surface area contributed by atoms with Crippen molar-refractivity contribution in [3.05, 3.63) is 119 Å². The van der Waals surface area contributed by atoms with Gasteiger partial charge in [0.1, 0.15) is 11.6 Å². The number of benzene rings is 3. The van der Waals surface area contributed by atoms with Gasteiger partial charge in [0.25, 0.3) is 0 Å². The van der Waals surface area contributed by atoms with E-state index in [0.29, 0.717) is 55.3 Å². The number of aryl methyl sites for hydroxylation is 2. The molecule has 0 radical (unpaired) electrons. The predicted octanol–water partition coefficient (Wildman–Crippen LogP) is 6.51. The summed E-state index contributed by atoms with van der Waals surface area (Å²) in [5.74, 6) is 0.526. The molecule has 7 aromatic rings. The van der Waals surface area contributed by atoms with Crippen molar-refractivity contribution in [1.29, 1.82) is 0 Å². The van der Waals surface area contributed by atoms with E-state index in [1.165, 1.54) is 16.4 Å². The predicted molar refractivity (Wildman–Crippen MR) is 254 cm³/mol. The number of hydrogen-bond donors (Lipinski definition) is 1. The normalized spacial score (nSPS) is 16.9. The summed E-state index contributed by atoms with van der Waals surface area (Å²) in [6, 6.07) is 24.1. The van der Waals surface area contributed by atoms with Crippen molar-refractivity contribution in [2.24, 2.45) is 14.1 Å². The number of anilines is 3. The second-order valence-electron chi connectivity index (χ2n) is 17.2. The van der Waals surface area contributed by atoms with Crippen LogP contribution in [0.2, 0.25) is 0 Å². The summed E-state index contributed by atoms with van der Waals surface area (Å²) in [6.45, 7) is 4.64. The highest BCUT2D eigenvalue weighted by molar-refractivity contribution is 6.07. The smallest absolute Gasteiger partial charge is 0.353 e. The minimum Gasteiger partial charge on any atom is -0.496 e. The van der Waals surface area contributed by atoms with Gasteiger partial charge in [-0.25, -0.2) is 23.8 Å². The topological polar surface area (TPSA) is 175 Å². The molecule has 17 nitrogen and oxygen atoms in total. The zero-order chi connectivity index (χ0) is 46.5. The van der Waals surface area contributed by atoms with Crippen molar-refractivity contribution < 1.29 is 23.9 Å². The first-order chi connectivity index (χ1) is 32.6. The number of imide groups is 1. The Morgan fingerprint density at radius 1 is 0.746 bits per heavy atom. The van der Waals surface area contributed by atoms with E-state index in [0.717, 1.165) is 81.6 Å². The molecule has 0 bridgehead atoms. The van der Waals surface area contributed by atoms with Crippen LogP contribution in [-0.2, 0) is 30.1 Å². The van der Waals surface area contributed by atoms with Crippen LogP contribution in [0.15, 0.2) is 96.2 Å². The molecule has 0 aliphatic carbocycles. The molecule has 10 rings (SSSR count). The van der Waals surface area contributed by atoms with Crippen LogP contribution in [0.5, 0.6) is 11.8 Å². The number of methoxy groups -OCH3 is 2. The second kappa shape index (κ2) is 17.5. The molecule has 3 aliphatic rings. The third-order valence-corrected chi connectivity index (χ3v) is 13.5. The van der Waals surface area contributed by atoms with E-state index in [-0.39, 0.29) is 35.5 Å². The number of nitrogens with one attached hydrogen (secondary N) is 1. The molecule has 1 atom stereocenters. The van der Waals surface area contributed by atoms with Gasteiger partial charge in [-0.05, 0) is 96.3 Å². The molecule has 1 N–H and O–H groups in total. The van der Waals surface area contributed by atoms with Gasteiger partial charge in [0.2, 0.25) is 11.8 Å². The minimum atomic E-state index is -0.471. The van der Waals surface area contributed by atoms with Gasteiger partial charge in [0.15, 0.2) is 0 Å². The lowest BCUT2D eigenvalue weighted by atomic mass is 9.86. The van der Waals surface area contributed by atoms with E-state index in [1.54, 1.807) is 42.5 Å². The van der Waals surface area contributed by atoms with Crippen molar-refractivity contribution in [3.63, 3.8) is 0 Å². The minimum absolute atomic E-state index is 0.153. The fourth-order valence-corrected chi connectivity index (χ4v) is 10.2. The van der Waals surface area contributed by atoms with Crippen LogP contribution in [-0.4, -0.2) is 92.3 Å². The van der Waals surface area contributed by atoms with Gasteiger partial charge >= 0.3 is 17.7 Å². The number of carbonyl (C=O) groups excluding carboxylic acids is 3. The first-order valence-electron chi connectivity index (χ1n) is 22.6. The number of urea groups is 1. The Bertz CT molecular complexity index is 3130. The average molecular weight is 902 g/mol. The third kappa shape index (κ3) is 7.53. The Morgan fingerprint density at radius 3 is 2.30 bits per heavy atom. The molecule has 342 valence electrons. The molecule has 3 saturated heterocycles. The molecule has 4 amide bonds. The Morgan fingerprint density at radius 2 is 1.55 bits per heavy atom. The number of amides is 4. The van der Waals surface area contributed by atoms with Crippen LogP contribution in [0.3, 0.4) is 0 Å². The third-order valence-electron chi connectivity index (χ3n) is 13.5. The van der Waals surface area contributed by atoms with Gasteiger partial charge in [-0.15, -0.1) is 5.10 Å². The highest BCUT2D eigenvalue weighted by Gasteiger charge is 2.35. The molecule has 17 heteroatoms. The molecule has 3 aliphatic heterocycles. The number of nitrogens with zero attached hydrogens (tertiary/aromatic N) is 10. The van der Waals surface area contributed by atoms with Gasteiger partial charge in [0, 0.05) is 75.6 Å². The number of hydrogen-bond acceptors (Lipinski definition) is 11. The number of pyridine rings is 2. The van der Waals surface area contributed by atoms with Crippen LogP contribution in [0, 0.1) is 0 Å². The highest BCUT2D eigenvalue weighted by Crippen LogP contribution is 2.44. The molecule has 4 aromatic heterocycles. The van der Waals surface area contributed by atoms with Crippen molar-refractivity contribution in [3.8, 4) is 39.7 Å². The van der Waals surface area contributed by atoms with Crippen molar-refractivity contribution in [1.82, 2.24) is 39.4 Å². The zero-order valence-corrected chi connectivity index (χ0v) is 38.1. The SMILES string of the molecule is CCc1c(-c2ccc(-n3c(OC)nn(C)c3=O)cc2-c2ccc(C3CCN(c4cccc5c(C6CCC(=O)NC6=O)nn(C)c45)CC3)cc2OC)ccnc1N1CCN(c2cccnc2)C1=O. The number of fused-ring (bicyclic) bond motifs is 1. The largest absolute Gasteiger partial charge is 0.496 e. The van der Waals surface area contributed by atoms with Crippen LogP contribution in [0.4, 0.5) is 22.0 Å². The molecule has 7 heterocycles. The maximum absolute atomic E-state index is 14.0. The summed E-state index contributed by atoms with van der Waals surface area (Å²) in [5.41, 5.74) is 9.17. The summed E-state index contributed by atoms with van der Waals surface area (Å²) in [7, 11) is 6.66. The Kier molecular flexibility index (Phi) is 11.3. The van der Waals surface area contributed by atoms with E-state index >= 15 is 0 Å². The monoisotopic (exact) mass is 901 g/mol. The first-order valence-corrected chi connectivity index (χ1v) is 22.6. The summed E-state index contributed by atoms with van der Waals surface area (Å²) < 4.78 is 16.4. The summed E-state index contributed by atoms with van der Waals surface area (Å²) >= 11 is 0. The lowest BCUT2D eigenvalue weighted by molar-refractivity contribution is -0.134. The van der Waals surface area contributed by atoms with Crippen LogP contribution >= 0.6 is 0 Å². The molecule has 0 saturated carbocycles. The van der Waals surface area contributed by atoms with Gasteiger partial charge in [-0.1, -0.05) is 37.3 Å². The molecule has 1 unspecified atom stereocenters. The fourth-order valence-electron chi connectivity index (χ4n) is 10.2. The number of carbonyl (C=O) groups is 3. The number of piperidine rings is 2. The van der Waals surface area contributed by atoms with E-state index in [9.17, 15) is 19.2 Å². The number of ether oxygens (including phenoxy) is 2. The Labute approximate surface area is 386 Å². The van der Waals surface area contributed by atoms with Gasteiger partial charge in [0.05, 0.1) is 54.6 Å². The summed E-state index contributed by atoms with van der Waals surface area (Å²) in [5, 5.41) is 12.5. The van der Waals surface area contributed by atoms with Crippen LogP contribution in [0.25, 0.3) is 38.8 Å². The lowest BCUT2D eigenvalue weighted by Gasteiger charge is -2.34. The van der Waals surface area contributed by atoms with E-state index in [1.807, 2.05) is 60.3 Å². The highest BCUT2D eigenvalue weighted by atomic mass is 16.5. The van der Waals surface area contributed by atoms with Crippen LogP contribution in [0.1, 0.15) is 61.3 Å². The quantitative estimate of drug-likeness (QED) is 0.140. The summed E-state index contributed by atoms with van der Waals surface area (Å²) in [4.78, 5) is 67.1. The molecule has 3 aromatic carbocycles. The maximum atomic E-state index is 14.0. The maximum Gasteiger partial charge on any atom is 0.353 e. The Hall–Kier alpha value is -7.82. The summed E-state index contributed by atoms with van der Waals surface area (Å²) in [6.07, 6.45) is 8.25. The van der Waals surface area contributed by atoms with E-state index in [4.69, 9.17) is 19.6 Å². The zero-order valence-electron chi connectivity index (χ0n) is 38.1. The fraction of sp³-hybridized carbons (Fsp3) is 0.320. The Balaban J connectivity index is 0.986. The molecule has 3 fully saturated rings. The van der Waals surface area contributed by atoms with Crippen LogP contribution < -0.4 is 35.2 Å². The first kappa shape index (κ1) is 43.1. The number of rotatable bonds is 11. The number of aromatic nitrogens is 7. The van der Waals surface area contributed by atoms with Crippen molar-refractivity contribution >= 4 is 45.9 Å². The van der Waals surface area contributed by atoms with E-state index in [2.05, 4.69) is 51.5 Å². The lowest BCUT2D eigenvalue weighted by Crippen LogP contribution is -2.39. The molecular formula is C50H51N11O6. The van der Waals surface area contributed by atoms with Gasteiger partial charge < -0.3 is 14.4 Å². The van der Waals surface area contributed by atoms with Crippen molar-refractivity contribution in [2.45, 2.75) is 50.9 Å². The van der Waals surface area contributed by atoms with Gasteiger partial charge in [-0.3, -0.25) is 34.4 Å². The average Bonchev–Trinajstić information content (AvgIpc) is 4.01. The number of para-hydroxylation sites is 1. The van der Waals surface area contributed by atoms with Crippen molar-refractivity contribution in [2.75, 3.05) is 55.1 Å². The van der Waals surface area contributed by atoms with E-state index < -0.39 is 5.92 Å². The van der Waals surface area contributed by atoms with Gasteiger partial charge in [-0.2, -0.15) is 5.10 Å².